The largest absolute Gasteiger partial charge is 0.490 e. The van der Waals surface area contributed by atoms with Crippen molar-refractivity contribution in [3.8, 4) is 5.75 Å². The predicted octanol–water partition coefficient (Wildman–Crippen LogP) is 4.41. The molecule has 0 bridgehead atoms. The first-order valence-electron chi connectivity index (χ1n) is 9.03. The summed E-state index contributed by atoms with van der Waals surface area (Å²) in [7, 11) is -4.53. The van der Waals surface area contributed by atoms with Crippen LogP contribution >= 0.6 is 0 Å². The fourth-order valence-corrected chi connectivity index (χ4v) is 6.70. The first-order valence-corrected chi connectivity index (χ1v) is 10.5. The Labute approximate surface area is 168 Å². The van der Waals surface area contributed by atoms with E-state index in [1.807, 2.05) is 0 Å². The number of hydrogen-bond donors (Lipinski definition) is 0. The van der Waals surface area contributed by atoms with Gasteiger partial charge >= 0.3 is 6.18 Å². The van der Waals surface area contributed by atoms with E-state index in [1.165, 1.54) is 0 Å². The van der Waals surface area contributed by atoms with Crippen molar-refractivity contribution in [3.63, 3.8) is 0 Å². The molecule has 0 radical (unpaired) electrons. The van der Waals surface area contributed by atoms with Gasteiger partial charge in [-0.2, -0.15) is 13.2 Å². The summed E-state index contributed by atoms with van der Waals surface area (Å²) in [5, 5.41) is 0. The zero-order chi connectivity index (χ0) is 21.9. The molecule has 2 atom stereocenters. The minimum atomic E-state index is -4.67. The molecule has 1 saturated carbocycles. The Balaban J connectivity index is 1.96. The average Bonchev–Trinajstić information content (AvgIpc) is 2.69. The molecule has 1 fully saturated rings. The molecule has 0 N–H and O–H groups in total. The van der Waals surface area contributed by atoms with Gasteiger partial charge in [0.05, 0.1) is 22.6 Å². The maximum absolute atomic E-state index is 14.9. The van der Waals surface area contributed by atoms with Gasteiger partial charge in [-0.15, -0.1) is 0 Å². The zero-order valence-corrected chi connectivity index (χ0v) is 16.1. The van der Waals surface area contributed by atoms with Gasteiger partial charge in [-0.3, -0.25) is 4.79 Å². The summed E-state index contributed by atoms with van der Waals surface area (Å²) >= 11 is 0. The molecular formula is C20H15F5O4S. The van der Waals surface area contributed by atoms with E-state index in [0.717, 1.165) is 24.3 Å². The van der Waals surface area contributed by atoms with Gasteiger partial charge in [0, 0.05) is 18.8 Å². The lowest BCUT2D eigenvalue weighted by Crippen LogP contribution is -2.52. The second-order valence-electron chi connectivity index (χ2n) is 7.40. The van der Waals surface area contributed by atoms with E-state index in [-0.39, 0.29) is 31.7 Å². The van der Waals surface area contributed by atoms with Crippen LogP contribution in [0, 0.1) is 17.6 Å². The molecule has 30 heavy (non-hydrogen) atoms. The van der Waals surface area contributed by atoms with Crippen LogP contribution in [-0.4, -0.2) is 20.8 Å². The molecule has 0 unspecified atom stereocenters. The molecule has 1 heterocycles. The van der Waals surface area contributed by atoms with Crippen LogP contribution in [0.2, 0.25) is 0 Å². The summed E-state index contributed by atoms with van der Waals surface area (Å²) < 4.78 is 98.5. The van der Waals surface area contributed by atoms with E-state index in [2.05, 4.69) is 0 Å². The maximum Gasteiger partial charge on any atom is 0.416 e. The monoisotopic (exact) mass is 446 g/mol. The van der Waals surface area contributed by atoms with Gasteiger partial charge in [-0.05, 0) is 42.8 Å². The summed E-state index contributed by atoms with van der Waals surface area (Å²) in [6.45, 7) is -0.334. The predicted molar refractivity (Wildman–Crippen MR) is 94.5 cm³/mol. The number of halogens is 5. The van der Waals surface area contributed by atoms with Crippen LogP contribution in [0.1, 0.15) is 30.4 Å². The lowest BCUT2D eigenvalue weighted by molar-refractivity contribution is -0.137. The van der Waals surface area contributed by atoms with E-state index in [1.54, 1.807) is 0 Å². The number of alkyl halides is 3. The van der Waals surface area contributed by atoms with Gasteiger partial charge in [-0.25, -0.2) is 17.2 Å². The Morgan fingerprint density at radius 2 is 1.63 bits per heavy atom. The smallest absolute Gasteiger partial charge is 0.416 e. The molecule has 0 amide bonds. The highest BCUT2D eigenvalue weighted by molar-refractivity contribution is 7.92. The molecule has 2 aliphatic rings. The number of carbonyl (C=O) groups excluding carboxylic acids is 1. The highest BCUT2D eigenvalue weighted by Crippen LogP contribution is 2.56. The lowest BCUT2D eigenvalue weighted by atomic mass is 9.72. The van der Waals surface area contributed by atoms with Gasteiger partial charge in [-0.1, -0.05) is 0 Å². The van der Waals surface area contributed by atoms with Gasteiger partial charge in [0.25, 0.3) is 0 Å². The molecule has 160 valence electrons. The van der Waals surface area contributed by atoms with Gasteiger partial charge < -0.3 is 4.74 Å². The van der Waals surface area contributed by atoms with Crippen molar-refractivity contribution in [3.05, 3.63) is 59.2 Å². The molecule has 1 aliphatic heterocycles. The first-order chi connectivity index (χ1) is 14.0. The molecule has 1 aliphatic carbocycles. The molecule has 4 nitrogen and oxygen atoms in total. The Bertz CT molecular complexity index is 1130. The van der Waals surface area contributed by atoms with Crippen LogP contribution in [0.3, 0.4) is 0 Å². The Hall–Kier alpha value is -2.49. The summed E-state index contributed by atoms with van der Waals surface area (Å²) in [5.74, 6) is -3.77. The number of fused-ring (bicyclic) bond motifs is 3. The number of sulfone groups is 1. The van der Waals surface area contributed by atoms with Crippen LogP contribution in [0.25, 0.3) is 0 Å². The minimum Gasteiger partial charge on any atom is -0.490 e. The minimum absolute atomic E-state index is 0.189. The van der Waals surface area contributed by atoms with E-state index in [0.29, 0.717) is 12.1 Å². The number of Topliss-reactive ketones (excluding diaryl/α,β-unsaturated/α-hetero) is 1. The Morgan fingerprint density at radius 3 is 2.27 bits per heavy atom. The molecule has 2 aromatic rings. The number of ether oxygens (including phenoxy) is 1. The third-order valence-electron chi connectivity index (χ3n) is 5.79. The van der Waals surface area contributed by atoms with E-state index in [9.17, 15) is 35.2 Å². The highest BCUT2D eigenvalue weighted by Gasteiger charge is 2.59. The molecule has 0 saturated heterocycles. The van der Waals surface area contributed by atoms with Crippen LogP contribution in [-0.2, 0) is 25.6 Å². The summed E-state index contributed by atoms with van der Waals surface area (Å²) in [6.07, 6.45) is -5.40. The topological polar surface area (TPSA) is 60.4 Å². The molecule has 10 heteroatoms. The quantitative estimate of drug-likeness (QED) is 0.641. The van der Waals surface area contributed by atoms with Gasteiger partial charge in [0.2, 0.25) is 0 Å². The molecule has 0 spiro atoms. The fourth-order valence-electron chi connectivity index (χ4n) is 4.37. The average molecular weight is 446 g/mol. The Kier molecular flexibility index (Phi) is 4.68. The highest BCUT2D eigenvalue weighted by atomic mass is 32.2. The first kappa shape index (κ1) is 20.8. The molecule has 4 rings (SSSR count). The van der Waals surface area contributed by atoms with Gasteiger partial charge in [0.1, 0.15) is 16.3 Å². The van der Waals surface area contributed by atoms with Crippen LogP contribution < -0.4 is 4.74 Å². The Morgan fingerprint density at radius 1 is 1.00 bits per heavy atom. The standard InChI is InChI=1S/C20H15F5O4S/c21-15-5-6-16(22)18-17(15)19(8-7-13(26)9-12(19)10-29-18)30(27,28)14-3-1-11(2-4-14)20(23,24)25/h1-6,12H,7-10H2/t12-,19-/m0/s1. The van der Waals surface area contributed by atoms with Gasteiger partial charge in [0.15, 0.2) is 21.4 Å². The third-order valence-corrected chi connectivity index (χ3v) is 8.38. The molecule has 2 aromatic carbocycles. The lowest BCUT2D eigenvalue weighted by Gasteiger charge is -2.46. The normalized spacial score (nSPS) is 24.0. The second kappa shape index (κ2) is 6.76. The van der Waals surface area contributed by atoms with Crippen molar-refractivity contribution in [1.29, 1.82) is 0 Å². The second-order valence-corrected chi connectivity index (χ2v) is 9.61. The van der Waals surface area contributed by atoms with Crippen LogP contribution in [0.4, 0.5) is 22.0 Å². The van der Waals surface area contributed by atoms with Crippen molar-refractivity contribution in [2.45, 2.75) is 35.1 Å². The van der Waals surface area contributed by atoms with Crippen molar-refractivity contribution in [2.75, 3.05) is 6.61 Å². The molecular weight excluding hydrogens is 431 g/mol. The summed E-state index contributed by atoms with van der Waals surface area (Å²) in [5.41, 5.74) is -1.55. The van der Waals surface area contributed by atoms with E-state index in [4.69, 9.17) is 4.74 Å². The van der Waals surface area contributed by atoms with Crippen LogP contribution in [0.15, 0.2) is 41.3 Å². The summed E-state index contributed by atoms with van der Waals surface area (Å²) in [6, 6.07) is 4.42. The van der Waals surface area contributed by atoms with Crippen molar-refractivity contribution >= 4 is 15.6 Å². The van der Waals surface area contributed by atoms with Crippen molar-refractivity contribution in [2.24, 2.45) is 5.92 Å². The summed E-state index contributed by atoms with van der Waals surface area (Å²) in [4.78, 5) is 11.5. The number of benzene rings is 2. The number of rotatable bonds is 2. The number of ketones is 1. The number of hydrogen-bond acceptors (Lipinski definition) is 4. The van der Waals surface area contributed by atoms with Crippen molar-refractivity contribution < 1.29 is 39.9 Å². The SMILES string of the molecule is O=C1CC[C@@]2(S(=O)(=O)c3ccc(C(F)(F)F)cc3)c3c(F)ccc(F)c3OC[C@@H]2C1. The fraction of sp³-hybridized carbons (Fsp3) is 0.350. The van der Waals surface area contributed by atoms with E-state index >= 15 is 0 Å². The maximum atomic E-state index is 14.9. The molecule has 0 aromatic heterocycles. The van der Waals surface area contributed by atoms with E-state index < -0.39 is 60.1 Å². The number of carbonyl (C=O) groups is 1. The van der Waals surface area contributed by atoms with Crippen molar-refractivity contribution in [1.82, 2.24) is 0 Å². The third kappa shape index (κ3) is 2.91. The van der Waals surface area contributed by atoms with Crippen LogP contribution in [0.5, 0.6) is 5.75 Å². The zero-order valence-electron chi connectivity index (χ0n) is 15.3.